The molecule has 1 aliphatic heterocycles. The van der Waals surface area contributed by atoms with Gasteiger partial charge in [0.05, 0.1) is 5.57 Å². The fourth-order valence-electron chi connectivity index (χ4n) is 4.46. The monoisotopic (exact) mass is 415 g/mol. The first kappa shape index (κ1) is 21.1. The molecule has 2 aromatic rings. The molecule has 0 saturated heterocycles. The van der Waals surface area contributed by atoms with Crippen LogP contribution in [0.3, 0.4) is 0 Å². The quantitative estimate of drug-likeness (QED) is 0.653. The number of rotatable bonds is 5. The van der Waals surface area contributed by atoms with E-state index in [1.165, 1.54) is 5.56 Å². The van der Waals surface area contributed by atoms with Crippen LogP contribution in [0.1, 0.15) is 68.6 Å². The van der Waals surface area contributed by atoms with E-state index in [4.69, 9.17) is 4.74 Å². The van der Waals surface area contributed by atoms with Crippen LogP contribution in [-0.2, 0) is 20.9 Å². The zero-order valence-electron chi connectivity index (χ0n) is 18.4. The highest BCUT2D eigenvalue weighted by atomic mass is 16.5. The minimum absolute atomic E-state index is 0.118. The molecule has 0 aromatic heterocycles. The van der Waals surface area contributed by atoms with E-state index in [1.807, 2.05) is 37.3 Å². The average Bonchev–Trinajstić information content (AvgIpc) is 2.77. The van der Waals surface area contributed by atoms with Gasteiger partial charge in [-0.05, 0) is 42.4 Å². The van der Waals surface area contributed by atoms with E-state index in [0.29, 0.717) is 17.9 Å². The Labute approximate surface area is 184 Å². The molecule has 1 atom stereocenters. The third-order valence-corrected chi connectivity index (χ3v) is 6.15. The molecule has 1 N–H and O–H groups in total. The van der Waals surface area contributed by atoms with Crippen LogP contribution in [0.4, 0.5) is 0 Å². The normalized spacial score (nSPS) is 18.7. The number of benzene rings is 2. The summed E-state index contributed by atoms with van der Waals surface area (Å²) in [5.74, 6) is -0.237. The summed E-state index contributed by atoms with van der Waals surface area (Å²) in [5, 5.41) is 3.34. The first-order valence-corrected chi connectivity index (χ1v) is 11.0. The lowest BCUT2D eigenvalue weighted by atomic mass is 9.75. The van der Waals surface area contributed by atoms with Crippen LogP contribution in [0.25, 0.3) is 0 Å². The van der Waals surface area contributed by atoms with Gasteiger partial charge in [-0.2, -0.15) is 0 Å². The first-order chi connectivity index (χ1) is 15.0. The minimum atomic E-state index is -0.395. The predicted octanol–water partition coefficient (Wildman–Crippen LogP) is 5.52. The molecule has 0 amide bonds. The molecule has 4 heteroatoms. The molecule has 0 saturated carbocycles. The molecule has 1 unspecified atom stereocenters. The van der Waals surface area contributed by atoms with Crippen molar-refractivity contribution in [3.63, 3.8) is 0 Å². The van der Waals surface area contributed by atoms with Crippen LogP contribution in [0.5, 0.6) is 0 Å². The Balaban J connectivity index is 1.70. The Bertz CT molecular complexity index is 1050. The summed E-state index contributed by atoms with van der Waals surface area (Å²) in [6, 6.07) is 17.9. The van der Waals surface area contributed by atoms with Gasteiger partial charge in [0.1, 0.15) is 6.61 Å². The Kier molecular flexibility index (Phi) is 6.08. The van der Waals surface area contributed by atoms with Crippen LogP contribution < -0.4 is 5.32 Å². The van der Waals surface area contributed by atoms with Crippen LogP contribution in [0, 0.1) is 0 Å². The van der Waals surface area contributed by atoms with E-state index < -0.39 is 5.92 Å². The third-order valence-electron chi connectivity index (χ3n) is 6.15. The summed E-state index contributed by atoms with van der Waals surface area (Å²) in [7, 11) is 0. The van der Waals surface area contributed by atoms with Gasteiger partial charge in [-0.15, -0.1) is 0 Å². The van der Waals surface area contributed by atoms with Crippen LogP contribution >= 0.6 is 0 Å². The highest BCUT2D eigenvalue weighted by Gasteiger charge is 2.39. The van der Waals surface area contributed by atoms with Crippen molar-refractivity contribution in [3.8, 4) is 0 Å². The zero-order chi connectivity index (χ0) is 22.0. The van der Waals surface area contributed by atoms with E-state index in [0.717, 1.165) is 40.9 Å². The van der Waals surface area contributed by atoms with Gasteiger partial charge in [-0.1, -0.05) is 68.4 Å². The lowest BCUT2D eigenvalue weighted by Gasteiger charge is -2.34. The van der Waals surface area contributed by atoms with Crippen molar-refractivity contribution in [2.45, 2.75) is 58.5 Å². The summed E-state index contributed by atoms with van der Waals surface area (Å²) in [6.45, 7) is 6.41. The molecular weight excluding hydrogens is 386 g/mol. The van der Waals surface area contributed by atoms with E-state index in [9.17, 15) is 9.59 Å². The van der Waals surface area contributed by atoms with Gasteiger partial charge in [-0.25, -0.2) is 4.79 Å². The van der Waals surface area contributed by atoms with E-state index in [2.05, 4.69) is 43.4 Å². The van der Waals surface area contributed by atoms with E-state index >= 15 is 0 Å². The van der Waals surface area contributed by atoms with Crippen molar-refractivity contribution in [2.24, 2.45) is 0 Å². The zero-order valence-corrected chi connectivity index (χ0v) is 18.4. The number of Topliss-reactive ketones (excluding diaryl/α,β-unsaturated/α-hetero) is 1. The molecule has 4 rings (SSSR count). The minimum Gasteiger partial charge on any atom is -0.457 e. The first-order valence-electron chi connectivity index (χ1n) is 11.0. The number of ketones is 1. The van der Waals surface area contributed by atoms with Gasteiger partial charge in [0.25, 0.3) is 0 Å². The highest BCUT2D eigenvalue weighted by Crippen LogP contribution is 2.42. The lowest BCUT2D eigenvalue weighted by Crippen LogP contribution is -2.34. The summed E-state index contributed by atoms with van der Waals surface area (Å²) in [6.07, 6.45) is 2.18. The second-order valence-electron chi connectivity index (χ2n) is 8.65. The second kappa shape index (κ2) is 8.93. The van der Waals surface area contributed by atoms with Gasteiger partial charge < -0.3 is 10.1 Å². The molecule has 2 aliphatic rings. The molecule has 0 radical (unpaired) electrons. The Hall–Kier alpha value is -3.14. The average molecular weight is 416 g/mol. The van der Waals surface area contributed by atoms with Gasteiger partial charge in [-0.3, -0.25) is 4.79 Å². The molecule has 0 spiro atoms. The number of esters is 1. The number of allylic oxidation sites excluding steroid dienone is 3. The van der Waals surface area contributed by atoms with Gasteiger partial charge in [0.15, 0.2) is 5.78 Å². The van der Waals surface area contributed by atoms with E-state index in [1.54, 1.807) is 0 Å². The standard InChI is InChI=1S/C27H29NO3/c1-17(2)20-12-14-21(15-13-20)25-24(27(30)31-16-19-8-5-4-6-9-19)18(3)28-22-10-7-11-23(29)26(22)25/h4-6,8-9,12-15,17,25,28H,7,10-11,16H2,1-3H3. The number of nitrogens with one attached hydrogen (secondary N) is 1. The fourth-order valence-corrected chi connectivity index (χ4v) is 4.46. The van der Waals surface area contributed by atoms with Crippen LogP contribution in [0.15, 0.2) is 77.1 Å². The molecule has 1 heterocycles. The van der Waals surface area contributed by atoms with Crippen molar-refractivity contribution >= 4 is 11.8 Å². The van der Waals surface area contributed by atoms with Crippen molar-refractivity contribution in [1.29, 1.82) is 0 Å². The predicted molar refractivity (Wildman–Crippen MR) is 121 cm³/mol. The third kappa shape index (κ3) is 4.34. The molecular formula is C27H29NO3. The van der Waals surface area contributed by atoms with Crippen molar-refractivity contribution in [3.05, 3.63) is 93.8 Å². The number of carbonyl (C=O) groups excluding carboxylic acids is 2. The summed E-state index contributed by atoms with van der Waals surface area (Å²) < 4.78 is 5.70. The maximum Gasteiger partial charge on any atom is 0.337 e. The molecule has 4 nitrogen and oxygen atoms in total. The maximum absolute atomic E-state index is 13.3. The Morgan fingerprint density at radius 3 is 2.45 bits per heavy atom. The van der Waals surface area contributed by atoms with Crippen molar-refractivity contribution in [1.82, 2.24) is 5.32 Å². The highest BCUT2D eigenvalue weighted by molar-refractivity contribution is 6.03. The summed E-state index contributed by atoms with van der Waals surface area (Å²) in [4.78, 5) is 26.2. The Morgan fingerprint density at radius 1 is 1.06 bits per heavy atom. The van der Waals surface area contributed by atoms with E-state index in [-0.39, 0.29) is 18.4 Å². The molecule has 160 valence electrons. The largest absolute Gasteiger partial charge is 0.457 e. The topological polar surface area (TPSA) is 55.4 Å². The van der Waals surface area contributed by atoms with Gasteiger partial charge >= 0.3 is 5.97 Å². The van der Waals surface area contributed by atoms with Crippen molar-refractivity contribution in [2.75, 3.05) is 0 Å². The fraction of sp³-hybridized carbons (Fsp3) is 0.333. The molecule has 1 aliphatic carbocycles. The number of ether oxygens (including phenoxy) is 1. The van der Waals surface area contributed by atoms with Gasteiger partial charge in [0, 0.05) is 29.3 Å². The Morgan fingerprint density at radius 2 is 1.77 bits per heavy atom. The molecule has 2 aromatic carbocycles. The number of hydrogen-bond acceptors (Lipinski definition) is 4. The SMILES string of the molecule is CC1=C(C(=O)OCc2ccccc2)C(c2ccc(C(C)C)cc2)C2=C(CCCC2=O)N1. The summed E-state index contributed by atoms with van der Waals surface area (Å²) >= 11 is 0. The molecule has 31 heavy (non-hydrogen) atoms. The van der Waals surface area contributed by atoms with Crippen LogP contribution in [0.2, 0.25) is 0 Å². The molecule has 0 fully saturated rings. The number of carbonyl (C=O) groups is 2. The second-order valence-corrected chi connectivity index (χ2v) is 8.65. The summed E-state index contributed by atoms with van der Waals surface area (Å²) in [5.41, 5.74) is 6.10. The van der Waals surface area contributed by atoms with Crippen molar-refractivity contribution < 1.29 is 14.3 Å². The maximum atomic E-state index is 13.3. The number of dihydropyridines is 1. The number of hydrogen-bond donors (Lipinski definition) is 1. The smallest absolute Gasteiger partial charge is 0.337 e. The lowest BCUT2D eigenvalue weighted by molar-refractivity contribution is -0.140. The van der Waals surface area contributed by atoms with Gasteiger partial charge in [0.2, 0.25) is 0 Å². The van der Waals surface area contributed by atoms with Crippen LogP contribution in [-0.4, -0.2) is 11.8 Å². The molecule has 0 bridgehead atoms.